The second kappa shape index (κ2) is 10.8. The number of methoxy groups -OCH3 is 1. The molecule has 2 N–H and O–H groups in total. The van der Waals surface area contributed by atoms with Gasteiger partial charge in [-0.3, -0.25) is 4.79 Å². The van der Waals surface area contributed by atoms with Gasteiger partial charge in [0.1, 0.15) is 17.2 Å². The Kier molecular flexibility index (Phi) is 7.38. The van der Waals surface area contributed by atoms with Crippen molar-refractivity contribution in [2.45, 2.75) is 11.3 Å². The number of ether oxygens (including phenoxy) is 2. The number of anilines is 2. The number of carbonyl (C=O) groups excluding carboxylic acids is 1. The summed E-state index contributed by atoms with van der Waals surface area (Å²) in [4.78, 5) is 12.8. The highest BCUT2D eigenvalue weighted by atomic mass is 32.2. The highest BCUT2D eigenvalue weighted by Crippen LogP contribution is 2.26. The molecule has 0 heterocycles. The highest BCUT2D eigenvalue weighted by molar-refractivity contribution is 8.01. The third kappa shape index (κ3) is 6.65. The number of carbonyl (C=O) groups is 1. The minimum atomic E-state index is -2.73. The molecule has 0 fully saturated rings. The molecule has 4 rings (SSSR count). The molecule has 4 aromatic carbocycles. The highest BCUT2D eigenvalue weighted by Gasteiger charge is 2.09. The van der Waals surface area contributed by atoms with E-state index in [4.69, 9.17) is 9.47 Å². The molecule has 0 spiro atoms. The van der Waals surface area contributed by atoms with Gasteiger partial charge in [-0.1, -0.05) is 30.3 Å². The van der Waals surface area contributed by atoms with Gasteiger partial charge in [0.05, 0.1) is 23.2 Å². The van der Waals surface area contributed by atoms with Gasteiger partial charge in [0.15, 0.2) is 0 Å². The second-order valence-electron chi connectivity index (χ2n) is 7.81. The monoisotopic (exact) mass is 486 g/mol. The molecule has 1 unspecified atom stereocenters. The van der Waals surface area contributed by atoms with E-state index in [-0.39, 0.29) is 5.91 Å². The van der Waals surface area contributed by atoms with Crippen LogP contribution in [0, 0.1) is 0 Å². The molecular formula is C28H26N2O4S. The van der Waals surface area contributed by atoms with E-state index in [0.717, 1.165) is 5.56 Å². The molecule has 0 bridgehead atoms. The zero-order chi connectivity index (χ0) is 24.7. The van der Waals surface area contributed by atoms with Crippen molar-refractivity contribution in [1.29, 1.82) is 0 Å². The van der Waals surface area contributed by atoms with Crippen molar-refractivity contribution in [1.82, 2.24) is 0 Å². The molecule has 7 heteroatoms. The first-order valence-electron chi connectivity index (χ1n) is 10.9. The number of benzene rings is 4. The summed E-state index contributed by atoms with van der Waals surface area (Å²) < 4.78 is 27.0. The molecule has 178 valence electrons. The zero-order valence-electron chi connectivity index (χ0n) is 19.3. The van der Waals surface area contributed by atoms with E-state index in [9.17, 15) is 9.00 Å². The largest absolute Gasteiger partial charge is 0.497 e. The van der Waals surface area contributed by atoms with Gasteiger partial charge in [-0.25, -0.2) is 4.21 Å². The normalized spacial score (nSPS) is 12.3. The predicted octanol–water partition coefficient (Wildman–Crippen LogP) is 5.77. The van der Waals surface area contributed by atoms with Crippen LogP contribution < -0.4 is 19.5 Å². The fourth-order valence-electron chi connectivity index (χ4n) is 3.36. The summed E-state index contributed by atoms with van der Waals surface area (Å²) in [6.45, 7) is 0. The van der Waals surface area contributed by atoms with Gasteiger partial charge < -0.3 is 19.5 Å². The Bertz CT molecular complexity index is 1370. The fraction of sp³-hybridized carbons (Fsp3) is 0.0714. The Morgan fingerprint density at radius 3 is 1.89 bits per heavy atom. The molecular weight excluding hydrogens is 460 g/mol. The van der Waals surface area contributed by atoms with Crippen molar-refractivity contribution in [3.05, 3.63) is 109 Å². The lowest BCUT2D eigenvalue weighted by atomic mass is 10.1. The van der Waals surface area contributed by atoms with Gasteiger partial charge in [0, 0.05) is 16.3 Å². The van der Waals surface area contributed by atoms with Crippen molar-refractivity contribution >= 4 is 32.9 Å². The molecule has 6 nitrogen and oxygen atoms in total. The molecule has 4 aromatic rings. The number of hydrogen-bond acceptors (Lipinski definition) is 4. The van der Waals surface area contributed by atoms with E-state index < -0.39 is 9.71 Å². The van der Waals surface area contributed by atoms with E-state index in [1.807, 2.05) is 30.3 Å². The van der Waals surface area contributed by atoms with Crippen molar-refractivity contribution in [3.63, 3.8) is 0 Å². The first-order valence-corrected chi connectivity index (χ1v) is 12.6. The number of hydrogen-bond donors (Lipinski definition) is 2. The van der Waals surface area contributed by atoms with Gasteiger partial charge in [0.25, 0.3) is 0 Å². The van der Waals surface area contributed by atoms with Crippen LogP contribution in [0.15, 0.2) is 108 Å². The molecule has 0 aromatic heterocycles. The van der Waals surface area contributed by atoms with Crippen LogP contribution in [-0.2, 0) is 20.9 Å². The molecule has 0 saturated heterocycles. The lowest BCUT2D eigenvalue weighted by molar-refractivity contribution is -0.115. The van der Waals surface area contributed by atoms with E-state index >= 15 is 0 Å². The van der Waals surface area contributed by atoms with Crippen LogP contribution in [0.1, 0.15) is 5.56 Å². The summed E-state index contributed by atoms with van der Waals surface area (Å²) in [6, 6.07) is 30.8. The number of amides is 1. The van der Waals surface area contributed by atoms with Crippen LogP contribution in [0.4, 0.5) is 11.4 Å². The van der Waals surface area contributed by atoms with Gasteiger partial charge in [-0.15, -0.1) is 0 Å². The van der Waals surface area contributed by atoms with Gasteiger partial charge >= 0.3 is 0 Å². The van der Waals surface area contributed by atoms with E-state index in [2.05, 4.69) is 15.9 Å². The summed E-state index contributed by atoms with van der Waals surface area (Å²) in [6.07, 6.45) is 0.317. The number of nitrogens with one attached hydrogen (secondary N) is 2. The van der Waals surface area contributed by atoms with Crippen LogP contribution in [0.3, 0.4) is 0 Å². The summed E-state index contributed by atoms with van der Waals surface area (Å²) in [5, 5.41) is 2.89. The van der Waals surface area contributed by atoms with Crippen LogP contribution in [0.5, 0.6) is 17.2 Å². The van der Waals surface area contributed by atoms with Crippen LogP contribution in [0.25, 0.3) is 0 Å². The average molecular weight is 487 g/mol. The second-order valence-corrected chi connectivity index (χ2v) is 9.84. The molecule has 0 saturated carbocycles. The quantitative estimate of drug-likeness (QED) is 0.295. The van der Waals surface area contributed by atoms with Gasteiger partial charge in [-0.2, -0.15) is 0 Å². The average Bonchev–Trinajstić information content (AvgIpc) is 2.87. The lowest BCUT2D eigenvalue weighted by Crippen LogP contribution is -2.14. The molecule has 1 amide bonds. The Balaban J connectivity index is 1.33. The maximum absolute atomic E-state index is 13.0. The summed E-state index contributed by atoms with van der Waals surface area (Å²) in [5.41, 5.74) is 2.31. The van der Waals surface area contributed by atoms with Crippen LogP contribution in [-0.4, -0.2) is 23.1 Å². The Morgan fingerprint density at radius 2 is 1.31 bits per heavy atom. The molecule has 0 aliphatic rings. The molecule has 0 radical (unpaired) electrons. The van der Waals surface area contributed by atoms with Crippen molar-refractivity contribution in [2.75, 3.05) is 17.1 Å². The predicted molar refractivity (Wildman–Crippen MR) is 142 cm³/mol. The topological polar surface area (TPSA) is 76.7 Å². The third-order valence-corrected chi connectivity index (χ3v) is 6.76. The van der Waals surface area contributed by atoms with Gasteiger partial charge in [-0.05, 0) is 84.2 Å². The smallest absolute Gasteiger partial charge is 0.228 e. The third-order valence-electron chi connectivity index (χ3n) is 5.16. The van der Waals surface area contributed by atoms with Crippen molar-refractivity contribution in [2.24, 2.45) is 0 Å². The summed E-state index contributed by atoms with van der Waals surface area (Å²) in [7, 11) is -1.14. The van der Waals surface area contributed by atoms with Crippen molar-refractivity contribution < 1.29 is 18.5 Å². The van der Waals surface area contributed by atoms with Crippen LogP contribution >= 0.6 is 0 Å². The minimum Gasteiger partial charge on any atom is -0.497 e. The Morgan fingerprint density at radius 1 is 0.771 bits per heavy atom. The maximum atomic E-state index is 13.0. The minimum absolute atomic E-state index is 0.0791. The Hall–Kier alpha value is -4.23. The van der Waals surface area contributed by atoms with Gasteiger partial charge in [0.2, 0.25) is 5.91 Å². The lowest BCUT2D eigenvalue weighted by Gasteiger charge is -2.14. The Labute approximate surface area is 205 Å². The van der Waals surface area contributed by atoms with Crippen LogP contribution in [0.2, 0.25) is 0 Å². The van der Waals surface area contributed by atoms with E-state index in [1.54, 1.807) is 79.9 Å². The standard InChI is InChI=1S/C28H26N2O4S/c1-33-24-16-18-27(19-17-24)35(2,32)30-23-10-14-26(15-11-23)34-25-12-8-22(9-13-25)29-28(31)20-21-6-4-3-5-7-21/h3-19H,2,20H2,1H3,(H,29,31)(H,30,32). The molecule has 0 aliphatic heterocycles. The zero-order valence-corrected chi connectivity index (χ0v) is 20.1. The van der Waals surface area contributed by atoms with E-state index in [1.165, 1.54) is 0 Å². The maximum Gasteiger partial charge on any atom is 0.228 e. The first kappa shape index (κ1) is 23.9. The van der Waals surface area contributed by atoms with E-state index in [0.29, 0.717) is 39.9 Å². The molecule has 35 heavy (non-hydrogen) atoms. The number of rotatable bonds is 9. The molecule has 0 aliphatic carbocycles. The molecule has 1 atom stereocenters. The van der Waals surface area contributed by atoms with Crippen molar-refractivity contribution in [3.8, 4) is 17.2 Å². The first-order chi connectivity index (χ1) is 16.9. The fourth-order valence-corrected chi connectivity index (χ4v) is 4.58. The SMILES string of the molecule is C=S(=O)(Nc1ccc(Oc2ccc(NC(=O)Cc3ccccc3)cc2)cc1)c1ccc(OC)cc1. The summed E-state index contributed by atoms with van der Waals surface area (Å²) in [5.74, 6) is 5.71. The summed E-state index contributed by atoms with van der Waals surface area (Å²) >= 11 is 0.